The van der Waals surface area contributed by atoms with Gasteiger partial charge in [-0.05, 0) is 52.4 Å². The van der Waals surface area contributed by atoms with E-state index in [0.29, 0.717) is 5.92 Å². The molecule has 2 nitrogen and oxygen atoms in total. The number of fused-ring (bicyclic) bond motifs is 1. The Balaban J connectivity index is 2.09. The number of hydrogen-bond donors (Lipinski definition) is 0. The van der Waals surface area contributed by atoms with Crippen molar-refractivity contribution in [1.82, 2.24) is 9.38 Å². The van der Waals surface area contributed by atoms with Gasteiger partial charge >= 0.3 is 0 Å². The van der Waals surface area contributed by atoms with Crippen molar-refractivity contribution in [3.05, 3.63) is 34.8 Å². The topological polar surface area (TPSA) is 17.3 Å². The number of pyridine rings is 1. The summed E-state index contributed by atoms with van der Waals surface area (Å²) in [5.74, 6) is 4.39. The Morgan fingerprint density at radius 1 is 1.31 bits per heavy atom. The minimum absolute atomic E-state index is 0.627. The Morgan fingerprint density at radius 2 is 2.12 bits per heavy atom. The van der Waals surface area contributed by atoms with Gasteiger partial charge in [0.1, 0.15) is 5.82 Å². The highest BCUT2D eigenvalue weighted by Crippen LogP contribution is 2.32. The van der Waals surface area contributed by atoms with Gasteiger partial charge in [0.25, 0.3) is 0 Å². The van der Waals surface area contributed by atoms with Crippen LogP contribution in [0, 0.1) is 0 Å². The van der Waals surface area contributed by atoms with E-state index in [1.165, 1.54) is 35.7 Å². The third kappa shape index (κ3) is 1.78. The Hall–Kier alpha value is -0.480. The van der Waals surface area contributed by atoms with E-state index in [1.54, 1.807) is 0 Å². The Labute approximate surface area is 108 Å². The molecule has 2 aromatic heterocycles. The molecule has 16 heavy (non-hydrogen) atoms. The molecule has 0 atom stereocenters. The van der Waals surface area contributed by atoms with Gasteiger partial charge in [0.2, 0.25) is 0 Å². The average Bonchev–Trinajstić information content (AvgIpc) is 2.75. The molecule has 1 fully saturated rings. The van der Waals surface area contributed by atoms with E-state index >= 15 is 0 Å². The fraction of sp³-hybridized carbons (Fsp3) is 0.417. The molecule has 0 unspecified atom stereocenters. The molecule has 2 aromatic rings. The van der Waals surface area contributed by atoms with E-state index in [2.05, 4.69) is 55.3 Å². The van der Waals surface area contributed by atoms with Gasteiger partial charge in [0.15, 0.2) is 0 Å². The lowest BCUT2D eigenvalue weighted by atomic mass is 10.0. The number of rotatable bonds is 1. The molecule has 0 amide bonds. The number of imidazole rings is 1. The van der Waals surface area contributed by atoms with E-state index in [1.807, 2.05) is 6.20 Å². The second-order valence-electron chi connectivity index (χ2n) is 4.11. The summed E-state index contributed by atoms with van der Waals surface area (Å²) in [5.41, 5.74) is 1.18. The molecule has 0 N–H and O–H groups in total. The second-order valence-corrected chi connectivity index (χ2v) is 6.15. The lowest BCUT2D eigenvalue weighted by Crippen LogP contribution is -2.11. The molecule has 84 valence electrons. The fourth-order valence-electron chi connectivity index (χ4n) is 2.27. The SMILES string of the molecule is Brc1cccc2cnc(C3CCSCC3)n12. The van der Waals surface area contributed by atoms with Crippen molar-refractivity contribution >= 4 is 33.2 Å². The monoisotopic (exact) mass is 296 g/mol. The van der Waals surface area contributed by atoms with E-state index in [4.69, 9.17) is 0 Å². The predicted molar refractivity (Wildman–Crippen MR) is 72.2 cm³/mol. The highest BCUT2D eigenvalue weighted by atomic mass is 79.9. The molecule has 3 rings (SSSR count). The Kier molecular flexibility index (Phi) is 2.94. The minimum Gasteiger partial charge on any atom is -0.290 e. The van der Waals surface area contributed by atoms with Crippen LogP contribution in [0.2, 0.25) is 0 Å². The highest BCUT2D eigenvalue weighted by Gasteiger charge is 2.20. The maximum absolute atomic E-state index is 4.60. The quantitative estimate of drug-likeness (QED) is 0.747. The van der Waals surface area contributed by atoms with Crippen LogP contribution in [0.4, 0.5) is 0 Å². The molecule has 0 radical (unpaired) electrons. The molecular formula is C12H13BrN2S. The number of hydrogen-bond acceptors (Lipinski definition) is 2. The predicted octanol–water partition coefficient (Wildman–Crippen LogP) is 3.71. The summed E-state index contributed by atoms with van der Waals surface area (Å²) in [6.07, 6.45) is 4.48. The molecule has 0 aliphatic carbocycles. The Morgan fingerprint density at radius 3 is 2.94 bits per heavy atom. The summed E-state index contributed by atoms with van der Waals surface area (Å²) in [6.45, 7) is 0. The van der Waals surface area contributed by atoms with Gasteiger partial charge in [-0.3, -0.25) is 4.40 Å². The first-order valence-electron chi connectivity index (χ1n) is 5.56. The van der Waals surface area contributed by atoms with Gasteiger partial charge in [-0.2, -0.15) is 11.8 Å². The van der Waals surface area contributed by atoms with Crippen LogP contribution in [-0.4, -0.2) is 20.9 Å². The van der Waals surface area contributed by atoms with Gasteiger partial charge in [0, 0.05) is 5.92 Å². The van der Waals surface area contributed by atoms with E-state index < -0.39 is 0 Å². The maximum atomic E-state index is 4.60. The summed E-state index contributed by atoms with van der Waals surface area (Å²) in [7, 11) is 0. The Bertz CT molecular complexity index is 503. The van der Waals surface area contributed by atoms with Gasteiger partial charge in [-0.1, -0.05) is 6.07 Å². The highest BCUT2D eigenvalue weighted by molar-refractivity contribution is 9.10. The van der Waals surface area contributed by atoms with Crippen molar-refractivity contribution in [2.45, 2.75) is 18.8 Å². The van der Waals surface area contributed by atoms with Crippen molar-refractivity contribution in [1.29, 1.82) is 0 Å². The third-order valence-electron chi connectivity index (χ3n) is 3.12. The smallest absolute Gasteiger partial charge is 0.117 e. The number of thioether (sulfide) groups is 1. The molecular weight excluding hydrogens is 284 g/mol. The molecule has 0 saturated carbocycles. The van der Waals surface area contributed by atoms with Crippen molar-refractivity contribution in [3.8, 4) is 0 Å². The fourth-order valence-corrected chi connectivity index (χ4v) is 3.92. The van der Waals surface area contributed by atoms with Gasteiger partial charge < -0.3 is 0 Å². The molecule has 1 aliphatic heterocycles. The normalized spacial score (nSPS) is 18.1. The average molecular weight is 297 g/mol. The zero-order valence-corrected chi connectivity index (χ0v) is 11.3. The van der Waals surface area contributed by atoms with Crippen LogP contribution in [0.5, 0.6) is 0 Å². The van der Waals surface area contributed by atoms with Crippen LogP contribution < -0.4 is 0 Å². The molecule has 4 heteroatoms. The van der Waals surface area contributed by atoms with Crippen LogP contribution >= 0.6 is 27.7 Å². The summed E-state index contributed by atoms with van der Waals surface area (Å²) in [6, 6.07) is 6.25. The van der Waals surface area contributed by atoms with Gasteiger partial charge in [-0.25, -0.2) is 4.98 Å². The summed E-state index contributed by atoms with van der Waals surface area (Å²) >= 11 is 5.67. The zero-order valence-electron chi connectivity index (χ0n) is 8.90. The molecule has 0 spiro atoms. The van der Waals surface area contributed by atoms with Crippen LogP contribution in [0.25, 0.3) is 5.52 Å². The van der Waals surface area contributed by atoms with Crippen LogP contribution in [0.3, 0.4) is 0 Å². The first-order chi connectivity index (χ1) is 7.86. The lowest BCUT2D eigenvalue weighted by molar-refractivity contribution is 0.594. The molecule has 1 aliphatic rings. The standard InChI is InChI=1S/C12H13BrN2S/c13-11-3-1-2-10-8-14-12(15(10)11)9-4-6-16-7-5-9/h1-3,8-9H,4-7H2. The van der Waals surface area contributed by atoms with Crippen LogP contribution in [0.1, 0.15) is 24.6 Å². The van der Waals surface area contributed by atoms with Crippen molar-refractivity contribution in [3.63, 3.8) is 0 Å². The molecule has 0 aromatic carbocycles. The van der Waals surface area contributed by atoms with Crippen LogP contribution in [-0.2, 0) is 0 Å². The summed E-state index contributed by atoms with van der Waals surface area (Å²) < 4.78 is 3.34. The van der Waals surface area contributed by atoms with Gasteiger partial charge in [-0.15, -0.1) is 0 Å². The zero-order chi connectivity index (χ0) is 11.0. The van der Waals surface area contributed by atoms with E-state index in [9.17, 15) is 0 Å². The number of aromatic nitrogens is 2. The second kappa shape index (κ2) is 4.41. The lowest BCUT2D eigenvalue weighted by Gasteiger charge is -2.20. The number of nitrogens with zero attached hydrogens (tertiary/aromatic N) is 2. The van der Waals surface area contributed by atoms with Gasteiger partial charge in [0.05, 0.1) is 16.3 Å². The molecule has 3 heterocycles. The maximum Gasteiger partial charge on any atom is 0.117 e. The molecule has 0 bridgehead atoms. The van der Waals surface area contributed by atoms with Crippen LogP contribution in [0.15, 0.2) is 29.0 Å². The summed E-state index contributed by atoms with van der Waals surface area (Å²) in [4.78, 5) is 4.60. The van der Waals surface area contributed by atoms with Crippen molar-refractivity contribution in [2.75, 3.05) is 11.5 Å². The van der Waals surface area contributed by atoms with Crippen molar-refractivity contribution < 1.29 is 0 Å². The largest absolute Gasteiger partial charge is 0.290 e. The third-order valence-corrected chi connectivity index (χ3v) is 4.78. The van der Waals surface area contributed by atoms with Crippen molar-refractivity contribution in [2.24, 2.45) is 0 Å². The van der Waals surface area contributed by atoms with E-state index in [-0.39, 0.29) is 0 Å². The number of halogens is 1. The van der Waals surface area contributed by atoms with E-state index in [0.717, 1.165) is 4.60 Å². The molecule has 1 saturated heterocycles. The first-order valence-corrected chi connectivity index (χ1v) is 7.50. The minimum atomic E-state index is 0.627. The first kappa shape index (κ1) is 10.7. The summed E-state index contributed by atoms with van der Waals surface area (Å²) in [5, 5.41) is 0.